The van der Waals surface area contributed by atoms with Gasteiger partial charge in [0.2, 0.25) is 0 Å². The number of nitriles is 1. The number of halogens is 1. The Labute approximate surface area is 263 Å². The third kappa shape index (κ3) is 5.43. The Balaban J connectivity index is 1.52. The number of primary amides is 1. The SMILES string of the molecule is CCC(c1ccc(C#N)cn1)n1c(=O)oc2cc(-c3c(C(N)=O)c(CC(C)C)nc4c3C(=O)NC4Cc3ccc(F)cc3)ccc21. The smallest absolute Gasteiger partial charge is 0.408 e. The third-order valence-corrected chi connectivity index (χ3v) is 8.22. The highest BCUT2D eigenvalue weighted by Crippen LogP contribution is 2.40. The Morgan fingerprint density at radius 1 is 1.13 bits per heavy atom. The van der Waals surface area contributed by atoms with Crippen LogP contribution in [0.3, 0.4) is 0 Å². The fourth-order valence-electron chi connectivity index (χ4n) is 6.21. The Hall–Kier alpha value is -5.63. The van der Waals surface area contributed by atoms with E-state index in [2.05, 4.69) is 10.3 Å². The minimum atomic E-state index is -0.729. The monoisotopic (exact) mass is 618 g/mol. The van der Waals surface area contributed by atoms with Crippen molar-refractivity contribution in [3.8, 4) is 17.2 Å². The van der Waals surface area contributed by atoms with Crippen molar-refractivity contribution in [2.75, 3.05) is 0 Å². The van der Waals surface area contributed by atoms with E-state index in [9.17, 15) is 18.8 Å². The number of hydrogen-bond donors (Lipinski definition) is 2. The molecule has 2 unspecified atom stereocenters. The molecular formula is C35H31FN6O4. The molecule has 2 aromatic carbocycles. The van der Waals surface area contributed by atoms with Crippen molar-refractivity contribution in [3.63, 3.8) is 0 Å². The van der Waals surface area contributed by atoms with Crippen LogP contribution in [0.5, 0.6) is 0 Å². The van der Waals surface area contributed by atoms with E-state index in [0.717, 1.165) is 5.56 Å². The van der Waals surface area contributed by atoms with Gasteiger partial charge in [0.05, 0.1) is 51.4 Å². The number of oxazole rings is 1. The van der Waals surface area contributed by atoms with E-state index in [-0.39, 0.29) is 28.4 Å². The van der Waals surface area contributed by atoms with Gasteiger partial charge in [0.15, 0.2) is 5.58 Å². The number of nitrogens with zero attached hydrogens (tertiary/aromatic N) is 4. The number of carbonyl (C=O) groups is 2. The van der Waals surface area contributed by atoms with Crippen LogP contribution in [0.2, 0.25) is 0 Å². The van der Waals surface area contributed by atoms with Gasteiger partial charge in [-0.25, -0.2) is 9.18 Å². The topological polar surface area (TPSA) is 157 Å². The van der Waals surface area contributed by atoms with Crippen LogP contribution >= 0.6 is 0 Å². The molecule has 2 amide bonds. The molecule has 2 atom stereocenters. The summed E-state index contributed by atoms with van der Waals surface area (Å²) in [6, 6.07) is 15.5. The Morgan fingerprint density at radius 2 is 1.89 bits per heavy atom. The second kappa shape index (κ2) is 12.0. The molecule has 0 saturated heterocycles. The Kier molecular flexibility index (Phi) is 7.96. The lowest BCUT2D eigenvalue weighted by atomic mass is 9.88. The van der Waals surface area contributed by atoms with Crippen molar-refractivity contribution in [2.45, 2.75) is 52.1 Å². The van der Waals surface area contributed by atoms with Gasteiger partial charge in [0, 0.05) is 11.8 Å². The van der Waals surface area contributed by atoms with Crippen LogP contribution in [0.15, 0.2) is 70.0 Å². The predicted molar refractivity (Wildman–Crippen MR) is 168 cm³/mol. The summed E-state index contributed by atoms with van der Waals surface area (Å²) in [5, 5.41) is 12.1. The number of benzene rings is 2. The van der Waals surface area contributed by atoms with Crippen LogP contribution in [0.4, 0.5) is 4.39 Å². The van der Waals surface area contributed by atoms with Gasteiger partial charge in [-0.05, 0) is 72.7 Å². The van der Waals surface area contributed by atoms with Gasteiger partial charge in [-0.1, -0.05) is 39.0 Å². The lowest BCUT2D eigenvalue weighted by Crippen LogP contribution is -2.22. The van der Waals surface area contributed by atoms with Gasteiger partial charge in [0.1, 0.15) is 11.9 Å². The molecule has 1 aliphatic heterocycles. The third-order valence-electron chi connectivity index (χ3n) is 8.22. The van der Waals surface area contributed by atoms with Gasteiger partial charge in [-0.15, -0.1) is 0 Å². The number of fused-ring (bicyclic) bond motifs is 2. The zero-order valence-corrected chi connectivity index (χ0v) is 25.5. The second-order valence-corrected chi connectivity index (χ2v) is 11.8. The lowest BCUT2D eigenvalue weighted by molar-refractivity contribution is 0.0956. The van der Waals surface area contributed by atoms with Crippen LogP contribution in [0.25, 0.3) is 22.2 Å². The highest BCUT2D eigenvalue weighted by atomic mass is 19.1. The summed E-state index contributed by atoms with van der Waals surface area (Å²) < 4.78 is 20.8. The predicted octanol–water partition coefficient (Wildman–Crippen LogP) is 5.39. The number of rotatable bonds is 9. The van der Waals surface area contributed by atoms with E-state index in [4.69, 9.17) is 20.4 Å². The number of amides is 2. The molecule has 6 rings (SSSR count). The zero-order chi connectivity index (χ0) is 32.7. The molecule has 0 bridgehead atoms. The summed E-state index contributed by atoms with van der Waals surface area (Å²) in [6.07, 6.45) is 2.77. The fourth-order valence-corrected chi connectivity index (χ4v) is 6.21. The standard InChI is InChI=1S/C35H31FN6O4/c1-4-26(23-11-7-20(16-37)17-39-23)42-27-12-8-21(15-28(27)46-35(42)45)29-30(33(38)43)24(13-18(2)3)40-32-25(41-34(44)31(29)32)14-19-5-9-22(36)10-6-19/h5-12,15,17-18,25-26H,4,13-14H2,1-3H3,(H2,38,43)(H,41,44). The zero-order valence-electron chi connectivity index (χ0n) is 25.5. The normalized spacial score (nSPS) is 14.7. The molecule has 0 radical (unpaired) electrons. The first-order chi connectivity index (χ1) is 22.1. The number of pyridine rings is 2. The largest absolute Gasteiger partial charge is 0.420 e. The van der Waals surface area contributed by atoms with Crippen LogP contribution in [-0.4, -0.2) is 26.3 Å². The van der Waals surface area contributed by atoms with Crippen LogP contribution in [0.1, 0.15) is 88.2 Å². The van der Waals surface area contributed by atoms with E-state index in [1.807, 2.05) is 26.8 Å². The van der Waals surface area contributed by atoms with Crippen LogP contribution in [-0.2, 0) is 12.8 Å². The minimum absolute atomic E-state index is 0.119. The summed E-state index contributed by atoms with van der Waals surface area (Å²) in [5.74, 6) is -1.99. The minimum Gasteiger partial charge on any atom is -0.408 e. The quantitative estimate of drug-likeness (QED) is 0.224. The fraction of sp³-hybridized carbons (Fsp3) is 0.257. The highest BCUT2D eigenvalue weighted by molar-refractivity contribution is 6.12. The molecule has 0 fully saturated rings. The maximum atomic E-state index is 13.6. The molecule has 4 heterocycles. The first-order valence-corrected chi connectivity index (χ1v) is 15.0. The number of hydrogen-bond acceptors (Lipinski definition) is 7. The van der Waals surface area contributed by atoms with E-state index in [0.29, 0.717) is 58.6 Å². The molecule has 3 aromatic heterocycles. The molecule has 10 nitrogen and oxygen atoms in total. The first kappa shape index (κ1) is 30.4. The number of nitrogens with one attached hydrogen (secondary N) is 1. The van der Waals surface area contributed by atoms with E-state index in [1.54, 1.807) is 42.5 Å². The molecule has 5 aromatic rings. The Bertz CT molecular complexity index is 2090. The molecule has 0 spiro atoms. The van der Waals surface area contributed by atoms with Crippen molar-refractivity contribution < 1.29 is 18.4 Å². The van der Waals surface area contributed by atoms with Gasteiger partial charge < -0.3 is 15.5 Å². The summed E-state index contributed by atoms with van der Waals surface area (Å²) in [5.41, 5.74) is 10.6. The summed E-state index contributed by atoms with van der Waals surface area (Å²) in [7, 11) is 0. The second-order valence-electron chi connectivity index (χ2n) is 11.8. The Morgan fingerprint density at radius 3 is 2.52 bits per heavy atom. The molecule has 11 heteroatoms. The summed E-state index contributed by atoms with van der Waals surface area (Å²) >= 11 is 0. The first-order valence-electron chi connectivity index (χ1n) is 15.0. The average Bonchev–Trinajstić information content (AvgIpc) is 3.52. The van der Waals surface area contributed by atoms with E-state index in [1.165, 1.54) is 22.9 Å². The van der Waals surface area contributed by atoms with Gasteiger partial charge >= 0.3 is 5.76 Å². The van der Waals surface area contributed by atoms with Crippen molar-refractivity contribution in [1.82, 2.24) is 19.9 Å². The van der Waals surface area contributed by atoms with Gasteiger partial charge in [-0.3, -0.25) is 24.1 Å². The molecule has 232 valence electrons. The molecule has 0 saturated carbocycles. The highest BCUT2D eigenvalue weighted by Gasteiger charge is 2.37. The van der Waals surface area contributed by atoms with E-state index < -0.39 is 29.7 Å². The molecule has 1 aliphatic rings. The van der Waals surface area contributed by atoms with Crippen molar-refractivity contribution in [3.05, 3.63) is 116 Å². The number of carbonyl (C=O) groups excluding carboxylic acids is 2. The molecule has 46 heavy (non-hydrogen) atoms. The van der Waals surface area contributed by atoms with Crippen LogP contribution < -0.4 is 16.8 Å². The van der Waals surface area contributed by atoms with E-state index >= 15 is 0 Å². The summed E-state index contributed by atoms with van der Waals surface area (Å²) in [4.78, 5) is 49.2. The van der Waals surface area contributed by atoms with Crippen LogP contribution in [0, 0.1) is 23.1 Å². The molecule has 3 N–H and O–H groups in total. The van der Waals surface area contributed by atoms with Crippen molar-refractivity contribution in [2.24, 2.45) is 11.7 Å². The summed E-state index contributed by atoms with van der Waals surface area (Å²) in [6.45, 7) is 5.91. The maximum absolute atomic E-state index is 13.6. The molecular weight excluding hydrogens is 587 g/mol. The number of nitrogens with two attached hydrogens (primary N) is 1. The van der Waals surface area contributed by atoms with Gasteiger partial charge in [-0.2, -0.15) is 5.26 Å². The van der Waals surface area contributed by atoms with Crippen molar-refractivity contribution >= 4 is 22.9 Å². The maximum Gasteiger partial charge on any atom is 0.420 e. The molecule has 0 aliphatic carbocycles. The van der Waals surface area contributed by atoms with Crippen molar-refractivity contribution in [1.29, 1.82) is 5.26 Å². The average molecular weight is 619 g/mol. The van der Waals surface area contributed by atoms with Gasteiger partial charge in [0.25, 0.3) is 11.8 Å². The lowest BCUT2D eigenvalue weighted by Gasteiger charge is -2.19. The number of aromatic nitrogens is 3.